The Morgan fingerprint density at radius 3 is 2.73 bits per heavy atom. The Hall–Kier alpha value is -2.71. The van der Waals surface area contributed by atoms with E-state index in [0.717, 1.165) is 4.88 Å². The van der Waals surface area contributed by atoms with Crippen molar-refractivity contribution in [2.24, 2.45) is 7.05 Å². The molecule has 1 aromatic carbocycles. The highest BCUT2D eigenvalue weighted by Gasteiger charge is 2.22. The Labute approximate surface area is 158 Å². The maximum Gasteiger partial charge on any atom is 0.293 e. The summed E-state index contributed by atoms with van der Waals surface area (Å²) in [4.78, 5) is 30.4. The molecule has 7 nitrogen and oxygen atoms in total. The molecule has 0 saturated carbocycles. The second-order valence-electron chi connectivity index (χ2n) is 5.71. The molecule has 0 saturated heterocycles. The monoisotopic (exact) mass is 390 g/mol. The molecule has 0 unspecified atom stereocenters. The number of thiophene rings is 1. The van der Waals surface area contributed by atoms with Crippen molar-refractivity contribution < 1.29 is 9.72 Å². The van der Waals surface area contributed by atoms with Crippen LogP contribution in [-0.2, 0) is 13.6 Å². The van der Waals surface area contributed by atoms with Gasteiger partial charge in [0.25, 0.3) is 5.69 Å². The SMILES string of the molecule is CN(Cc1ccc(Cl)s1)c1ccc(C(=O)c2nccn2C)cc1[N+](=O)[O-]. The summed E-state index contributed by atoms with van der Waals surface area (Å²) in [6, 6.07) is 8.14. The van der Waals surface area contributed by atoms with Crippen LogP contribution < -0.4 is 4.90 Å². The highest BCUT2D eigenvalue weighted by Crippen LogP contribution is 2.31. The topological polar surface area (TPSA) is 81.3 Å². The Kier molecular flexibility index (Phi) is 5.06. The zero-order valence-electron chi connectivity index (χ0n) is 14.0. The minimum atomic E-state index is -0.484. The summed E-state index contributed by atoms with van der Waals surface area (Å²) in [7, 11) is 3.46. The number of nitro benzene ring substituents is 1. The average molecular weight is 391 g/mol. The fourth-order valence-electron chi connectivity index (χ4n) is 2.60. The van der Waals surface area contributed by atoms with E-state index >= 15 is 0 Å². The number of halogens is 1. The first-order chi connectivity index (χ1) is 12.4. The van der Waals surface area contributed by atoms with Crippen molar-refractivity contribution in [3.05, 3.63) is 73.4 Å². The number of ketones is 1. The van der Waals surface area contributed by atoms with Gasteiger partial charge in [0.2, 0.25) is 5.78 Å². The van der Waals surface area contributed by atoms with Crippen LogP contribution in [0.15, 0.2) is 42.7 Å². The number of hydrogen-bond acceptors (Lipinski definition) is 6. The number of nitrogens with zero attached hydrogens (tertiary/aromatic N) is 4. The van der Waals surface area contributed by atoms with Crippen LogP contribution in [0.4, 0.5) is 11.4 Å². The number of benzene rings is 1. The molecule has 2 aromatic heterocycles. The predicted octanol–water partition coefficient (Wildman–Crippen LogP) is 3.91. The smallest absolute Gasteiger partial charge is 0.293 e. The summed E-state index contributed by atoms with van der Waals surface area (Å²) < 4.78 is 2.24. The molecule has 0 spiro atoms. The molecule has 134 valence electrons. The molecular weight excluding hydrogens is 376 g/mol. The predicted molar refractivity (Wildman–Crippen MR) is 101 cm³/mol. The van der Waals surface area contributed by atoms with Crippen molar-refractivity contribution in [2.45, 2.75) is 6.54 Å². The van der Waals surface area contributed by atoms with E-state index in [-0.39, 0.29) is 22.9 Å². The number of anilines is 1. The zero-order chi connectivity index (χ0) is 18.8. The van der Waals surface area contributed by atoms with Crippen molar-refractivity contribution in [1.29, 1.82) is 0 Å². The maximum atomic E-state index is 12.5. The van der Waals surface area contributed by atoms with Gasteiger partial charge in [0.15, 0.2) is 5.82 Å². The first-order valence-corrected chi connectivity index (χ1v) is 8.82. The highest BCUT2D eigenvalue weighted by molar-refractivity contribution is 7.16. The summed E-state index contributed by atoms with van der Waals surface area (Å²) in [5, 5.41) is 11.5. The lowest BCUT2D eigenvalue weighted by Crippen LogP contribution is -2.17. The molecule has 0 aliphatic rings. The van der Waals surface area contributed by atoms with Gasteiger partial charge >= 0.3 is 0 Å². The van der Waals surface area contributed by atoms with E-state index in [1.165, 1.54) is 23.6 Å². The summed E-state index contributed by atoms with van der Waals surface area (Å²) >= 11 is 7.36. The molecule has 0 bridgehead atoms. The number of nitro groups is 1. The second kappa shape index (κ2) is 7.27. The Balaban J connectivity index is 1.93. The normalized spacial score (nSPS) is 10.7. The van der Waals surface area contributed by atoms with Gasteiger partial charge in [-0.2, -0.15) is 0 Å². The lowest BCUT2D eigenvalue weighted by atomic mass is 10.1. The van der Waals surface area contributed by atoms with Crippen molar-refractivity contribution >= 4 is 40.1 Å². The molecule has 0 amide bonds. The van der Waals surface area contributed by atoms with Crippen LogP contribution >= 0.6 is 22.9 Å². The number of carbonyl (C=O) groups excluding carboxylic acids is 1. The molecule has 0 N–H and O–H groups in total. The van der Waals surface area contributed by atoms with Crippen LogP contribution in [-0.4, -0.2) is 27.3 Å². The third-order valence-electron chi connectivity index (χ3n) is 3.89. The van der Waals surface area contributed by atoms with Crippen molar-refractivity contribution in [1.82, 2.24) is 9.55 Å². The van der Waals surface area contributed by atoms with Crippen LogP contribution in [0, 0.1) is 10.1 Å². The third-order valence-corrected chi connectivity index (χ3v) is 5.11. The minimum absolute atomic E-state index is 0.129. The Morgan fingerprint density at radius 1 is 1.38 bits per heavy atom. The largest absolute Gasteiger partial charge is 0.364 e. The van der Waals surface area contributed by atoms with Gasteiger partial charge in [0, 0.05) is 43.0 Å². The van der Waals surface area contributed by atoms with Crippen LogP contribution in [0.3, 0.4) is 0 Å². The van der Waals surface area contributed by atoms with Gasteiger partial charge in [-0.15, -0.1) is 11.3 Å². The van der Waals surface area contributed by atoms with Crippen molar-refractivity contribution in [3.8, 4) is 0 Å². The van der Waals surface area contributed by atoms with Crippen molar-refractivity contribution in [3.63, 3.8) is 0 Å². The van der Waals surface area contributed by atoms with Crippen LogP contribution in [0.1, 0.15) is 21.1 Å². The molecule has 0 aliphatic carbocycles. The molecule has 0 aliphatic heterocycles. The number of rotatable bonds is 6. The molecule has 2 heterocycles. The number of hydrogen-bond donors (Lipinski definition) is 0. The maximum absolute atomic E-state index is 12.5. The van der Waals surface area contributed by atoms with Gasteiger partial charge in [-0.3, -0.25) is 14.9 Å². The molecule has 26 heavy (non-hydrogen) atoms. The van der Waals surface area contributed by atoms with E-state index in [0.29, 0.717) is 16.6 Å². The molecule has 0 atom stereocenters. The second-order valence-corrected chi connectivity index (χ2v) is 7.51. The van der Waals surface area contributed by atoms with E-state index in [1.807, 2.05) is 6.07 Å². The fraction of sp³-hybridized carbons (Fsp3) is 0.176. The van der Waals surface area contributed by atoms with E-state index < -0.39 is 4.92 Å². The van der Waals surface area contributed by atoms with Gasteiger partial charge in [0.1, 0.15) is 5.69 Å². The van der Waals surface area contributed by atoms with Crippen molar-refractivity contribution in [2.75, 3.05) is 11.9 Å². The van der Waals surface area contributed by atoms with Gasteiger partial charge < -0.3 is 9.47 Å². The number of carbonyl (C=O) groups is 1. The average Bonchev–Trinajstić information content (AvgIpc) is 3.21. The van der Waals surface area contributed by atoms with Crippen LogP contribution in [0.5, 0.6) is 0 Å². The quantitative estimate of drug-likeness (QED) is 0.362. The highest BCUT2D eigenvalue weighted by atomic mass is 35.5. The fourth-order valence-corrected chi connectivity index (χ4v) is 3.74. The van der Waals surface area contributed by atoms with Crippen LogP contribution in [0.2, 0.25) is 4.34 Å². The number of aryl methyl sites for hydroxylation is 1. The van der Waals surface area contributed by atoms with E-state index in [9.17, 15) is 14.9 Å². The van der Waals surface area contributed by atoms with Gasteiger partial charge in [0.05, 0.1) is 15.8 Å². The van der Waals surface area contributed by atoms with Gasteiger partial charge in [-0.25, -0.2) is 4.98 Å². The van der Waals surface area contributed by atoms with E-state index in [2.05, 4.69) is 4.98 Å². The van der Waals surface area contributed by atoms with E-state index in [4.69, 9.17) is 11.6 Å². The minimum Gasteiger partial charge on any atom is -0.364 e. The van der Waals surface area contributed by atoms with Crippen LogP contribution in [0.25, 0.3) is 0 Å². The van der Waals surface area contributed by atoms with E-state index in [1.54, 1.807) is 48.0 Å². The third kappa shape index (κ3) is 3.61. The standard InChI is InChI=1S/C17H15ClN4O3S/c1-20-8-7-19-17(20)16(23)11-3-5-13(14(9-11)22(24)25)21(2)10-12-4-6-15(18)26-12/h3-9H,10H2,1-2H3. The Morgan fingerprint density at radius 2 is 2.15 bits per heavy atom. The zero-order valence-corrected chi connectivity index (χ0v) is 15.6. The summed E-state index contributed by atoms with van der Waals surface area (Å²) in [5.74, 6) is -0.131. The molecule has 0 fully saturated rings. The lowest BCUT2D eigenvalue weighted by Gasteiger charge is -2.18. The van der Waals surface area contributed by atoms with Gasteiger partial charge in [-0.1, -0.05) is 11.6 Å². The molecule has 3 aromatic rings. The summed E-state index contributed by atoms with van der Waals surface area (Å²) in [6.07, 6.45) is 3.16. The lowest BCUT2D eigenvalue weighted by molar-refractivity contribution is -0.384. The van der Waals surface area contributed by atoms with Gasteiger partial charge in [-0.05, 0) is 24.3 Å². The summed E-state index contributed by atoms with van der Waals surface area (Å²) in [5.41, 5.74) is 0.522. The number of aromatic nitrogens is 2. The Bertz CT molecular complexity index is 982. The molecule has 9 heteroatoms. The molecule has 3 rings (SSSR count). The summed E-state index contributed by atoms with van der Waals surface area (Å²) in [6.45, 7) is 0.477. The first-order valence-electron chi connectivity index (χ1n) is 7.62. The number of imidazole rings is 1. The molecular formula is C17H15ClN4O3S. The molecule has 0 radical (unpaired) electrons. The first kappa shape index (κ1) is 18.1.